The van der Waals surface area contributed by atoms with E-state index in [1.807, 2.05) is 0 Å². The van der Waals surface area contributed by atoms with E-state index in [2.05, 4.69) is 20.4 Å². The Morgan fingerprint density at radius 1 is 1.14 bits per heavy atom. The summed E-state index contributed by atoms with van der Waals surface area (Å²) in [5.41, 5.74) is 5.47. The van der Waals surface area contributed by atoms with Crippen LogP contribution in [0.25, 0.3) is 0 Å². The summed E-state index contributed by atoms with van der Waals surface area (Å²) in [5.74, 6) is 0.489. The maximum absolute atomic E-state index is 5.47. The third-order valence-corrected chi connectivity index (χ3v) is 4.86. The maximum Gasteiger partial charge on any atom is 0.315 e. The molecule has 0 spiro atoms. The third-order valence-electron chi connectivity index (χ3n) is 4.86. The second kappa shape index (κ2) is 7.22. The molecular formula is C15H27N5O. The van der Waals surface area contributed by atoms with Gasteiger partial charge in [0.15, 0.2) is 0 Å². The fourth-order valence-corrected chi connectivity index (χ4v) is 3.80. The molecule has 2 fully saturated rings. The molecule has 0 aromatic carbocycles. The number of nitrogens with two attached hydrogens (primary N) is 1. The summed E-state index contributed by atoms with van der Waals surface area (Å²) in [7, 11) is 0. The summed E-state index contributed by atoms with van der Waals surface area (Å²) in [4.78, 5) is 2.78. The van der Waals surface area contributed by atoms with E-state index in [-0.39, 0.29) is 0 Å². The molecule has 1 aliphatic carbocycles. The fourth-order valence-electron chi connectivity index (χ4n) is 3.80. The topological polar surface area (TPSA) is 80.2 Å². The summed E-state index contributed by atoms with van der Waals surface area (Å²) >= 11 is 0. The number of nitrogens with zero attached hydrogens (tertiary/aromatic N) is 3. The molecule has 0 bridgehead atoms. The third kappa shape index (κ3) is 3.74. The molecule has 3 rings (SSSR count). The summed E-state index contributed by atoms with van der Waals surface area (Å²) in [5, 5.41) is 11.0. The Morgan fingerprint density at radius 2 is 1.95 bits per heavy atom. The predicted octanol–water partition coefficient (Wildman–Crippen LogP) is 2.13. The number of rotatable bonds is 6. The zero-order chi connectivity index (χ0) is 14.5. The maximum atomic E-state index is 5.47. The second-order valence-corrected chi connectivity index (χ2v) is 6.25. The Hall–Kier alpha value is -1.14. The lowest BCUT2D eigenvalue weighted by atomic mass is 9.96. The average molecular weight is 293 g/mol. The van der Waals surface area contributed by atoms with Crippen molar-refractivity contribution < 1.29 is 4.42 Å². The van der Waals surface area contributed by atoms with Crippen LogP contribution < -0.4 is 11.1 Å². The molecule has 2 aliphatic rings. The Bertz CT molecular complexity index is 429. The molecule has 1 saturated heterocycles. The molecule has 6 nitrogen and oxygen atoms in total. The highest BCUT2D eigenvalue weighted by molar-refractivity contribution is 5.16. The van der Waals surface area contributed by atoms with Crippen molar-refractivity contribution in [3.63, 3.8) is 0 Å². The molecule has 0 radical (unpaired) electrons. The summed E-state index contributed by atoms with van der Waals surface area (Å²) < 4.78 is 5.38. The van der Waals surface area contributed by atoms with Gasteiger partial charge >= 0.3 is 6.01 Å². The molecule has 1 atom stereocenters. The lowest BCUT2D eigenvalue weighted by Gasteiger charge is -2.40. The normalized spacial score (nSPS) is 24.5. The Kier molecular flexibility index (Phi) is 5.08. The van der Waals surface area contributed by atoms with Gasteiger partial charge in [-0.3, -0.25) is 4.90 Å². The number of anilines is 1. The summed E-state index contributed by atoms with van der Waals surface area (Å²) in [6.45, 7) is 2.47. The Labute approximate surface area is 126 Å². The number of piperidine rings is 1. The summed E-state index contributed by atoms with van der Waals surface area (Å²) in [6.07, 6.45) is 10.8. The lowest BCUT2D eigenvalue weighted by Crippen LogP contribution is -2.45. The first-order valence-corrected chi connectivity index (χ1v) is 8.39. The first-order chi connectivity index (χ1) is 10.4. The minimum absolute atomic E-state index is 0.298. The zero-order valence-corrected chi connectivity index (χ0v) is 12.8. The van der Waals surface area contributed by atoms with Crippen molar-refractivity contribution in [1.29, 1.82) is 0 Å². The van der Waals surface area contributed by atoms with Crippen LogP contribution in [0.2, 0.25) is 0 Å². The average Bonchev–Trinajstić information content (AvgIpc) is 3.19. The van der Waals surface area contributed by atoms with Crippen molar-refractivity contribution >= 4 is 6.01 Å². The van der Waals surface area contributed by atoms with Crippen LogP contribution in [0.3, 0.4) is 0 Å². The Morgan fingerprint density at radius 3 is 2.71 bits per heavy atom. The highest BCUT2D eigenvalue weighted by atomic mass is 16.4. The molecule has 118 valence electrons. The molecule has 1 aromatic heterocycles. The van der Waals surface area contributed by atoms with Gasteiger partial charge < -0.3 is 15.5 Å². The van der Waals surface area contributed by atoms with Crippen LogP contribution in [0.4, 0.5) is 6.01 Å². The van der Waals surface area contributed by atoms with Gasteiger partial charge in [0, 0.05) is 18.6 Å². The zero-order valence-electron chi connectivity index (χ0n) is 12.8. The van der Waals surface area contributed by atoms with E-state index < -0.39 is 0 Å². The predicted molar refractivity (Wildman–Crippen MR) is 81.9 cm³/mol. The van der Waals surface area contributed by atoms with Crippen LogP contribution in [-0.2, 0) is 6.54 Å². The number of nitrogens with one attached hydrogen (secondary N) is 1. The highest BCUT2D eigenvalue weighted by Gasteiger charge is 2.30. The monoisotopic (exact) mass is 293 g/mol. The molecular weight excluding hydrogens is 266 g/mol. The van der Waals surface area contributed by atoms with E-state index in [1.165, 1.54) is 51.5 Å². The number of hydrogen-bond acceptors (Lipinski definition) is 6. The van der Waals surface area contributed by atoms with Crippen LogP contribution >= 0.6 is 0 Å². The van der Waals surface area contributed by atoms with Gasteiger partial charge in [0.05, 0.1) is 6.54 Å². The molecule has 21 heavy (non-hydrogen) atoms. The van der Waals surface area contributed by atoms with Gasteiger partial charge in [-0.1, -0.05) is 24.4 Å². The van der Waals surface area contributed by atoms with Gasteiger partial charge in [0.2, 0.25) is 5.89 Å². The fraction of sp³-hybridized carbons (Fsp3) is 0.867. The SMILES string of the molecule is NCc1nnc(NCCC2CCCCN2C2CCCC2)o1. The highest BCUT2D eigenvalue weighted by Crippen LogP contribution is 2.30. The number of likely N-dealkylation sites (tertiary alicyclic amines) is 1. The standard InChI is InChI=1S/C15H27N5O/c16-11-14-18-19-15(21-14)17-9-8-13-7-3-4-10-20(13)12-5-1-2-6-12/h12-13H,1-11,16H2,(H,17,19). The second-order valence-electron chi connectivity index (χ2n) is 6.25. The molecule has 2 heterocycles. The first-order valence-electron chi connectivity index (χ1n) is 8.39. The lowest BCUT2D eigenvalue weighted by molar-refractivity contribution is 0.0932. The summed E-state index contributed by atoms with van der Waals surface area (Å²) in [6, 6.07) is 2.05. The van der Waals surface area contributed by atoms with Crippen LogP contribution in [-0.4, -0.2) is 40.3 Å². The van der Waals surface area contributed by atoms with Crippen LogP contribution in [0.15, 0.2) is 4.42 Å². The van der Waals surface area contributed by atoms with Gasteiger partial charge in [0.1, 0.15) is 0 Å². The van der Waals surface area contributed by atoms with E-state index in [4.69, 9.17) is 10.2 Å². The van der Waals surface area contributed by atoms with E-state index >= 15 is 0 Å². The molecule has 1 aromatic rings. The van der Waals surface area contributed by atoms with E-state index in [0.717, 1.165) is 19.0 Å². The van der Waals surface area contributed by atoms with Crippen LogP contribution in [0, 0.1) is 0 Å². The molecule has 3 N–H and O–H groups in total. The Balaban J connectivity index is 1.47. The molecule has 0 amide bonds. The van der Waals surface area contributed by atoms with Gasteiger partial charge in [0.25, 0.3) is 0 Å². The quantitative estimate of drug-likeness (QED) is 0.836. The van der Waals surface area contributed by atoms with Crippen molar-refractivity contribution in [2.75, 3.05) is 18.4 Å². The molecule has 1 unspecified atom stereocenters. The molecule has 1 saturated carbocycles. The number of aromatic nitrogens is 2. The van der Waals surface area contributed by atoms with Gasteiger partial charge in [-0.2, -0.15) is 0 Å². The van der Waals surface area contributed by atoms with E-state index in [9.17, 15) is 0 Å². The van der Waals surface area contributed by atoms with Crippen molar-refractivity contribution in [3.05, 3.63) is 5.89 Å². The van der Waals surface area contributed by atoms with Crippen molar-refractivity contribution in [2.45, 2.75) is 70.0 Å². The van der Waals surface area contributed by atoms with Crippen molar-refractivity contribution in [3.8, 4) is 0 Å². The van der Waals surface area contributed by atoms with Crippen LogP contribution in [0.1, 0.15) is 57.3 Å². The van der Waals surface area contributed by atoms with Crippen LogP contribution in [0.5, 0.6) is 0 Å². The smallest absolute Gasteiger partial charge is 0.315 e. The van der Waals surface area contributed by atoms with Gasteiger partial charge in [-0.15, -0.1) is 5.10 Å². The van der Waals surface area contributed by atoms with Gasteiger partial charge in [-0.25, -0.2) is 0 Å². The number of hydrogen-bond donors (Lipinski definition) is 2. The van der Waals surface area contributed by atoms with E-state index in [1.54, 1.807) is 0 Å². The first kappa shape index (κ1) is 14.8. The van der Waals surface area contributed by atoms with Gasteiger partial charge in [-0.05, 0) is 38.6 Å². The molecule has 1 aliphatic heterocycles. The molecule has 6 heteroatoms. The minimum atomic E-state index is 0.298. The van der Waals surface area contributed by atoms with Crippen molar-refractivity contribution in [1.82, 2.24) is 15.1 Å². The minimum Gasteiger partial charge on any atom is -0.407 e. The van der Waals surface area contributed by atoms with E-state index in [0.29, 0.717) is 24.5 Å². The largest absolute Gasteiger partial charge is 0.407 e. The van der Waals surface area contributed by atoms with Crippen molar-refractivity contribution in [2.24, 2.45) is 5.73 Å².